The van der Waals surface area contributed by atoms with Gasteiger partial charge in [-0.1, -0.05) is 26.0 Å². The Bertz CT molecular complexity index is 708. The SMILES string of the molecule is CC(C)NCCC1CN(C)C(=O)n2c(nc3ccccc32)N1C. The number of likely N-dealkylation sites (N-methyl/N-ethyl adjacent to an activating group) is 2. The highest BCUT2D eigenvalue weighted by molar-refractivity contribution is 5.93. The molecule has 1 aliphatic rings. The molecule has 1 aromatic carbocycles. The zero-order chi connectivity index (χ0) is 16.6. The molecule has 1 N–H and O–H groups in total. The van der Waals surface area contributed by atoms with Crippen LogP contribution in [0.15, 0.2) is 24.3 Å². The maximum absolute atomic E-state index is 12.8. The molecule has 0 bridgehead atoms. The van der Waals surface area contributed by atoms with Crippen molar-refractivity contribution in [3.63, 3.8) is 0 Å². The summed E-state index contributed by atoms with van der Waals surface area (Å²) >= 11 is 0. The molecule has 3 rings (SSSR count). The van der Waals surface area contributed by atoms with Gasteiger partial charge in [-0.25, -0.2) is 14.3 Å². The Kier molecular flexibility index (Phi) is 4.26. The minimum atomic E-state index is -0.0140. The molecular weight excluding hydrogens is 290 g/mol. The molecule has 6 heteroatoms. The molecule has 124 valence electrons. The highest BCUT2D eigenvalue weighted by Gasteiger charge is 2.31. The lowest BCUT2D eigenvalue weighted by Gasteiger charge is -2.28. The summed E-state index contributed by atoms with van der Waals surface area (Å²) < 4.78 is 1.73. The molecule has 2 aromatic rings. The summed E-state index contributed by atoms with van der Waals surface area (Å²) in [6, 6.07) is 8.50. The van der Waals surface area contributed by atoms with Gasteiger partial charge in [0.05, 0.1) is 17.1 Å². The van der Waals surface area contributed by atoms with E-state index >= 15 is 0 Å². The van der Waals surface area contributed by atoms with Gasteiger partial charge in [0.25, 0.3) is 0 Å². The summed E-state index contributed by atoms with van der Waals surface area (Å²) in [5, 5.41) is 3.45. The van der Waals surface area contributed by atoms with Crippen molar-refractivity contribution < 1.29 is 4.79 Å². The smallest absolute Gasteiger partial charge is 0.331 e. The van der Waals surface area contributed by atoms with Gasteiger partial charge in [0.2, 0.25) is 5.95 Å². The van der Waals surface area contributed by atoms with E-state index in [0.717, 1.165) is 29.9 Å². The molecule has 0 aliphatic carbocycles. The van der Waals surface area contributed by atoms with E-state index in [0.29, 0.717) is 12.6 Å². The molecule has 1 amide bonds. The number of rotatable bonds is 4. The molecule has 23 heavy (non-hydrogen) atoms. The van der Waals surface area contributed by atoms with Crippen molar-refractivity contribution in [3.05, 3.63) is 24.3 Å². The van der Waals surface area contributed by atoms with E-state index in [2.05, 4.69) is 24.1 Å². The quantitative estimate of drug-likeness (QED) is 0.939. The van der Waals surface area contributed by atoms with E-state index in [1.807, 2.05) is 38.4 Å². The van der Waals surface area contributed by atoms with Crippen molar-refractivity contribution in [2.75, 3.05) is 32.1 Å². The monoisotopic (exact) mass is 315 g/mol. The molecule has 1 aliphatic heterocycles. The predicted molar refractivity (Wildman–Crippen MR) is 93.1 cm³/mol. The average Bonchev–Trinajstić information content (AvgIpc) is 2.87. The maximum Gasteiger partial charge on any atom is 0.331 e. The van der Waals surface area contributed by atoms with Crippen molar-refractivity contribution in [3.8, 4) is 0 Å². The molecule has 6 nitrogen and oxygen atoms in total. The van der Waals surface area contributed by atoms with Crippen LogP contribution in [0.25, 0.3) is 11.0 Å². The second kappa shape index (κ2) is 6.20. The van der Waals surface area contributed by atoms with Gasteiger partial charge in [0, 0.05) is 26.7 Å². The molecule has 0 saturated carbocycles. The number of para-hydroxylation sites is 2. The van der Waals surface area contributed by atoms with Crippen molar-refractivity contribution in [1.82, 2.24) is 19.8 Å². The van der Waals surface area contributed by atoms with Crippen LogP contribution in [0.5, 0.6) is 0 Å². The van der Waals surface area contributed by atoms with Crippen LogP contribution in [0, 0.1) is 0 Å². The van der Waals surface area contributed by atoms with E-state index in [1.54, 1.807) is 9.47 Å². The number of nitrogens with zero attached hydrogens (tertiary/aromatic N) is 4. The summed E-state index contributed by atoms with van der Waals surface area (Å²) in [5.41, 5.74) is 1.73. The van der Waals surface area contributed by atoms with E-state index in [-0.39, 0.29) is 12.1 Å². The van der Waals surface area contributed by atoms with Crippen LogP contribution in [-0.2, 0) is 0 Å². The second-order valence-corrected chi connectivity index (χ2v) is 6.56. The largest absolute Gasteiger partial charge is 0.340 e. The molecule has 2 heterocycles. The number of hydrogen-bond donors (Lipinski definition) is 1. The number of anilines is 1. The summed E-state index contributed by atoms with van der Waals surface area (Å²) in [6.45, 7) is 5.92. The topological polar surface area (TPSA) is 53.4 Å². The lowest BCUT2D eigenvalue weighted by molar-refractivity contribution is 0.211. The van der Waals surface area contributed by atoms with Crippen LogP contribution in [0.2, 0.25) is 0 Å². The first-order valence-electron chi connectivity index (χ1n) is 8.18. The Labute approximate surface area is 137 Å². The molecule has 0 spiro atoms. The first kappa shape index (κ1) is 15.8. The average molecular weight is 315 g/mol. The fourth-order valence-electron chi connectivity index (χ4n) is 3.11. The molecule has 0 saturated heterocycles. The van der Waals surface area contributed by atoms with Gasteiger partial charge in [-0.3, -0.25) is 0 Å². The lowest BCUT2D eigenvalue weighted by Crippen LogP contribution is -2.42. The van der Waals surface area contributed by atoms with Crippen molar-refractivity contribution in [2.24, 2.45) is 0 Å². The van der Waals surface area contributed by atoms with Crippen molar-refractivity contribution >= 4 is 23.0 Å². The Morgan fingerprint density at radius 2 is 2.04 bits per heavy atom. The summed E-state index contributed by atoms with van der Waals surface area (Å²) in [6.07, 6.45) is 0.968. The molecular formula is C17H25N5O. The number of hydrogen-bond acceptors (Lipinski definition) is 4. The maximum atomic E-state index is 12.8. The number of fused-ring (bicyclic) bond motifs is 3. The highest BCUT2D eigenvalue weighted by Crippen LogP contribution is 2.27. The van der Waals surface area contributed by atoms with Gasteiger partial charge in [-0.05, 0) is 25.1 Å². The van der Waals surface area contributed by atoms with E-state index in [1.165, 1.54) is 0 Å². The van der Waals surface area contributed by atoms with Gasteiger partial charge < -0.3 is 15.1 Å². The van der Waals surface area contributed by atoms with Crippen LogP contribution < -0.4 is 10.2 Å². The first-order valence-corrected chi connectivity index (χ1v) is 8.18. The minimum absolute atomic E-state index is 0.0140. The Morgan fingerprint density at radius 1 is 1.30 bits per heavy atom. The van der Waals surface area contributed by atoms with Gasteiger partial charge in [0.1, 0.15) is 0 Å². The highest BCUT2D eigenvalue weighted by atomic mass is 16.2. The molecule has 0 radical (unpaired) electrons. The standard InChI is InChI=1S/C17H25N5O/c1-12(2)18-10-9-13-11-20(3)17(23)22-15-8-6-5-7-14(15)19-16(22)21(13)4/h5-8,12-13,18H,9-11H2,1-4H3. The van der Waals surface area contributed by atoms with Crippen LogP contribution >= 0.6 is 0 Å². The summed E-state index contributed by atoms with van der Waals surface area (Å²) in [5.74, 6) is 0.732. The van der Waals surface area contributed by atoms with E-state index in [4.69, 9.17) is 4.98 Å². The number of carbonyl (C=O) groups is 1. The van der Waals surface area contributed by atoms with Crippen LogP contribution in [0.3, 0.4) is 0 Å². The van der Waals surface area contributed by atoms with E-state index in [9.17, 15) is 4.79 Å². The number of aromatic nitrogens is 2. The zero-order valence-corrected chi connectivity index (χ0v) is 14.3. The molecule has 1 aromatic heterocycles. The third kappa shape index (κ3) is 2.91. The molecule has 1 atom stereocenters. The number of nitrogens with one attached hydrogen (secondary N) is 1. The van der Waals surface area contributed by atoms with Gasteiger partial charge >= 0.3 is 6.03 Å². The van der Waals surface area contributed by atoms with Crippen LogP contribution in [0.1, 0.15) is 20.3 Å². The first-order chi connectivity index (χ1) is 11.0. The van der Waals surface area contributed by atoms with Gasteiger partial charge in [0.15, 0.2) is 0 Å². The Morgan fingerprint density at radius 3 is 2.78 bits per heavy atom. The van der Waals surface area contributed by atoms with Crippen LogP contribution in [0.4, 0.5) is 10.7 Å². The number of benzene rings is 1. The molecule has 0 fully saturated rings. The summed E-state index contributed by atoms with van der Waals surface area (Å²) in [4.78, 5) is 21.4. The van der Waals surface area contributed by atoms with Gasteiger partial charge in [-0.15, -0.1) is 0 Å². The van der Waals surface area contributed by atoms with Crippen LogP contribution in [-0.4, -0.2) is 59.8 Å². The predicted octanol–water partition coefficient (Wildman–Crippen LogP) is 2.14. The normalized spacial score (nSPS) is 18.7. The van der Waals surface area contributed by atoms with Crippen molar-refractivity contribution in [2.45, 2.75) is 32.4 Å². The summed E-state index contributed by atoms with van der Waals surface area (Å²) in [7, 11) is 3.90. The lowest BCUT2D eigenvalue weighted by atomic mass is 10.1. The van der Waals surface area contributed by atoms with Gasteiger partial charge in [-0.2, -0.15) is 0 Å². The fraction of sp³-hybridized carbons (Fsp3) is 0.529. The third-order valence-corrected chi connectivity index (χ3v) is 4.44. The number of carbonyl (C=O) groups excluding carboxylic acids is 1. The fourth-order valence-corrected chi connectivity index (χ4v) is 3.11. The Balaban J connectivity index is 1.95. The minimum Gasteiger partial charge on any atom is -0.340 e. The number of imidazole rings is 1. The Hall–Kier alpha value is -2.08. The van der Waals surface area contributed by atoms with Crippen molar-refractivity contribution in [1.29, 1.82) is 0 Å². The van der Waals surface area contributed by atoms with E-state index < -0.39 is 0 Å². The zero-order valence-electron chi connectivity index (χ0n) is 14.3. The second-order valence-electron chi connectivity index (χ2n) is 6.56. The number of amides is 1. The third-order valence-electron chi connectivity index (χ3n) is 4.44. The molecule has 1 unspecified atom stereocenters.